The van der Waals surface area contributed by atoms with E-state index in [2.05, 4.69) is 30.9 Å². The first-order valence-electron chi connectivity index (χ1n) is 6.45. The molecule has 3 aliphatic heterocycles. The Bertz CT molecular complexity index is 442. The highest BCUT2D eigenvalue weighted by molar-refractivity contribution is 6.37. The van der Waals surface area contributed by atoms with Crippen molar-refractivity contribution in [3.05, 3.63) is 28.8 Å². The molecule has 2 bridgehead atoms. The van der Waals surface area contributed by atoms with Gasteiger partial charge in [0.1, 0.15) is 5.75 Å². The third kappa shape index (κ3) is 2.39. The molecule has 4 rings (SSSR count). The Labute approximate surface area is 108 Å². The zero-order chi connectivity index (χ0) is 12.5. The Balaban J connectivity index is 2.03. The molecule has 1 saturated heterocycles. The summed E-state index contributed by atoms with van der Waals surface area (Å²) in [7, 11) is -0.564. The van der Waals surface area contributed by atoms with E-state index >= 15 is 0 Å². The molecule has 0 radical (unpaired) electrons. The minimum absolute atomic E-state index is 0.564. The molecule has 0 spiro atoms. The monoisotopic (exact) mass is 247 g/mol. The lowest BCUT2D eigenvalue weighted by atomic mass is 10.0. The molecule has 1 aromatic carbocycles. The summed E-state index contributed by atoms with van der Waals surface area (Å²) in [4.78, 5) is 2.35. The summed E-state index contributed by atoms with van der Waals surface area (Å²) < 4.78 is 17.1. The van der Waals surface area contributed by atoms with Crippen molar-refractivity contribution in [3.63, 3.8) is 0 Å². The van der Waals surface area contributed by atoms with E-state index in [-0.39, 0.29) is 0 Å². The molecular weight excluding hydrogens is 229 g/mol. The van der Waals surface area contributed by atoms with Crippen molar-refractivity contribution in [1.29, 1.82) is 0 Å². The van der Waals surface area contributed by atoms with Crippen molar-refractivity contribution in [2.24, 2.45) is 0 Å². The summed E-state index contributed by atoms with van der Waals surface area (Å²) in [5.74, 6) is 0.916. The van der Waals surface area contributed by atoms with Gasteiger partial charge in [0.25, 0.3) is 0 Å². The van der Waals surface area contributed by atoms with E-state index < -0.39 is 7.32 Å². The van der Waals surface area contributed by atoms with Crippen molar-refractivity contribution in [1.82, 2.24) is 4.90 Å². The van der Waals surface area contributed by atoms with E-state index in [4.69, 9.17) is 14.0 Å². The third-order valence-corrected chi connectivity index (χ3v) is 3.43. The van der Waals surface area contributed by atoms with Crippen molar-refractivity contribution in [2.75, 3.05) is 26.3 Å². The minimum atomic E-state index is -0.564. The topological polar surface area (TPSA) is 30.9 Å². The van der Waals surface area contributed by atoms with Crippen LogP contribution in [0.1, 0.15) is 16.7 Å². The van der Waals surface area contributed by atoms with E-state index in [1.807, 2.05) is 0 Å². The maximum atomic E-state index is 5.90. The number of aryl methyl sites for hydroxylation is 2. The van der Waals surface area contributed by atoms with Gasteiger partial charge in [0.15, 0.2) is 0 Å². The molecule has 3 aliphatic rings. The fraction of sp³-hybridized carbons (Fsp3) is 0.538. The molecule has 0 aliphatic carbocycles. The number of nitrogens with zero attached hydrogens (tertiary/aromatic N) is 1. The van der Waals surface area contributed by atoms with Gasteiger partial charge in [-0.25, -0.2) is 0 Å². The number of hydrogen-bond donors (Lipinski definition) is 0. The number of rotatable bonds is 0. The van der Waals surface area contributed by atoms with Crippen LogP contribution in [-0.2, 0) is 15.9 Å². The summed E-state index contributed by atoms with van der Waals surface area (Å²) in [6.07, 6.45) is 0. The minimum Gasteiger partial charge on any atom is -0.511 e. The van der Waals surface area contributed by atoms with Gasteiger partial charge in [-0.1, -0.05) is 17.7 Å². The molecule has 1 fully saturated rings. The third-order valence-electron chi connectivity index (χ3n) is 3.43. The maximum Gasteiger partial charge on any atom is 0.713 e. The number of benzene rings is 1. The van der Waals surface area contributed by atoms with E-state index in [1.165, 1.54) is 11.1 Å². The summed E-state index contributed by atoms with van der Waals surface area (Å²) >= 11 is 0. The molecule has 0 amide bonds. The number of fused-ring (bicyclic) bond motifs is 4. The molecule has 1 aromatic rings. The molecule has 0 saturated carbocycles. The Morgan fingerprint density at radius 3 is 2.56 bits per heavy atom. The molecule has 18 heavy (non-hydrogen) atoms. The number of hydrogen-bond acceptors (Lipinski definition) is 4. The van der Waals surface area contributed by atoms with Crippen LogP contribution in [0.2, 0.25) is 0 Å². The zero-order valence-electron chi connectivity index (χ0n) is 10.9. The Hall–Kier alpha value is -1.04. The standard InChI is InChI=1S/C13H18BNO3/c1-10-7-11(2)13-12(8-10)9-15-3-5-16-14(18-13)17-6-4-15/h7-8H,3-6,9H2,1-2H3. The first-order chi connectivity index (χ1) is 8.72. The average molecular weight is 247 g/mol. The highest BCUT2D eigenvalue weighted by Crippen LogP contribution is 2.29. The first-order valence-corrected chi connectivity index (χ1v) is 6.45. The van der Waals surface area contributed by atoms with Crippen LogP contribution in [0, 0.1) is 13.8 Å². The van der Waals surface area contributed by atoms with E-state index in [1.54, 1.807) is 0 Å². The van der Waals surface area contributed by atoms with Crippen LogP contribution in [0.4, 0.5) is 0 Å². The molecule has 0 atom stereocenters. The molecule has 0 unspecified atom stereocenters. The molecular formula is C13H18BNO3. The molecule has 96 valence electrons. The maximum absolute atomic E-state index is 5.90. The second-order valence-corrected chi connectivity index (χ2v) is 4.99. The highest BCUT2D eigenvalue weighted by Gasteiger charge is 2.30. The summed E-state index contributed by atoms with van der Waals surface area (Å²) in [6, 6.07) is 4.33. The van der Waals surface area contributed by atoms with Crippen LogP contribution < -0.4 is 4.65 Å². The SMILES string of the molecule is Cc1cc(C)c2c(c1)CN1CCOB(OCC1)O2. The summed E-state index contributed by atoms with van der Waals surface area (Å²) in [5, 5.41) is 0. The van der Waals surface area contributed by atoms with Crippen molar-refractivity contribution in [2.45, 2.75) is 20.4 Å². The van der Waals surface area contributed by atoms with Crippen LogP contribution in [0.3, 0.4) is 0 Å². The molecule has 0 aromatic heterocycles. The van der Waals surface area contributed by atoms with E-state index in [9.17, 15) is 0 Å². The molecule has 4 nitrogen and oxygen atoms in total. The lowest BCUT2D eigenvalue weighted by molar-refractivity contribution is 0.0828. The Kier molecular flexibility index (Phi) is 3.28. The van der Waals surface area contributed by atoms with Gasteiger partial charge in [0.05, 0.1) is 0 Å². The lowest BCUT2D eigenvalue weighted by Crippen LogP contribution is -2.39. The normalized spacial score (nSPS) is 20.4. The quantitative estimate of drug-likeness (QED) is 0.650. The smallest absolute Gasteiger partial charge is 0.511 e. The fourth-order valence-electron chi connectivity index (χ4n) is 2.61. The summed E-state index contributed by atoms with van der Waals surface area (Å²) in [6.45, 7) is 8.24. The predicted molar refractivity (Wildman–Crippen MR) is 69.5 cm³/mol. The van der Waals surface area contributed by atoms with Gasteiger partial charge < -0.3 is 14.0 Å². The van der Waals surface area contributed by atoms with Crippen molar-refractivity contribution >= 4 is 7.32 Å². The van der Waals surface area contributed by atoms with Gasteiger partial charge >= 0.3 is 7.32 Å². The van der Waals surface area contributed by atoms with E-state index in [0.717, 1.165) is 30.9 Å². The van der Waals surface area contributed by atoms with Gasteiger partial charge in [-0.15, -0.1) is 0 Å². The van der Waals surface area contributed by atoms with Gasteiger partial charge in [0.2, 0.25) is 0 Å². The molecule has 5 heteroatoms. The predicted octanol–water partition coefficient (Wildman–Crippen LogP) is 1.53. The van der Waals surface area contributed by atoms with E-state index in [0.29, 0.717) is 13.2 Å². The van der Waals surface area contributed by atoms with Crippen molar-refractivity contribution < 1.29 is 14.0 Å². The first kappa shape index (κ1) is 12.0. The van der Waals surface area contributed by atoms with Gasteiger partial charge in [0, 0.05) is 38.4 Å². The highest BCUT2D eigenvalue weighted by atomic mass is 16.7. The summed E-state index contributed by atoms with van der Waals surface area (Å²) in [5.41, 5.74) is 3.64. The van der Waals surface area contributed by atoms with Crippen LogP contribution in [-0.4, -0.2) is 38.5 Å². The second kappa shape index (κ2) is 4.92. The molecule has 3 heterocycles. The van der Waals surface area contributed by atoms with Gasteiger partial charge in [-0.3, -0.25) is 4.90 Å². The average Bonchev–Trinajstić information content (AvgIpc) is 2.41. The molecule has 0 N–H and O–H groups in total. The zero-order valence-corrected chi connectivity index (χ0v) is 10.9. The van der Waals surface area contributed by atoms with Crippen molar-refractivity contribution in [3.8, 4) is 5.75 Å². The van der Waals surface area contributed by atoms with Crippen LogP contribution in [0.15, 0.2) is 12.1 Å². The van der Waals surface area contributed by atoms with Gasteiger partial charge in [-0.05, 0) is 19.4 Å². The van der Waals surface area contributed by atoms with Gasteiger partial charge in [-0.2, -0.15) is 0 Å². The largest absolute Gasteiger partial charge is 0.713 e. The lowest BCUT2D eigenvalue weighted by Gasteiger charge is -2.23. The Morgan fingerprint density at radius 1 is 1.11 bits per heavy atom. The van der Waals surface area contributed by atoms with Crippen LogP contribution in [0.25, 0.3) is 0 Å². The second-order valence-electron chi connectivity index (χ2n) is 4.99. The Morgan fingerprint density at radius 2 is 1.83 bits per heavy atom. The van der Waals surface area contributed by atoms with Crippen LogP contribution >= 0.6 is 0 Å². The van der Waals surface area contributed by atoms with Crippen LogP contribution in [0.5, 0.6) is 5.75 Å². The fourth-order valence-corrected chi connectivity index (χ4v) is 2.61.